The van der Waals surface area contributed by atoms with Crippen LogP contribution in [0.15, 0.2) is 16.5 Å². The van der Waals surface area contributed by atoms with Gasteiger partial charge in [-0.1, -0.05) is 0 Å². The number of rotatable bonds is 3. The second kappa shape index (κ2) is 4.01. The summed E-state index contributed by atoms with van der Waals surface area (Å²) in [5.41, 5.74) is 1.22. The Bertz CT molecular complexity index is 582. The first kappa shape index (κ1) is 11.3. The number of carboxylic acids is 1. The van der Waals surface area contributed by atoms with Gasteiger partial charge in [0.25, 0.3) is 0 Å². The SMILES string of the molecule is COc1cc(OC)c2cc(C(=O)O)oc2c1C. The molecule has 0 saturated carbocycles. The lowest BCUT2D eigenvalue weighted by Gasteiger charge is -2.08. The molecular weight excluding hydrogens is 224 g/mol. The second-order valence-corrected chi connectivity index (χ2v) is 3.56. The molecule has 0 saturated heterocycles. The number of benzene rings is 1. The Morgan fingerprint density at radius 2 is 1.88 bits per heavy atom. The first-order valence-electron chi connectivity index (χ1n) is 4.97. The molecule has 0 atom stereocenters. The molecule has 1 aromatic carbocycles. The fraction of sp³-hybridized carbons (Fsp3) is 0.250. The van der Waals surface area contributed by atoms with Gasteiger partial charge < -0.3 is 19.0 Å². The number of ether oxygens (including phenoxy) is 2. The number of methoxy groups -OCH3 is 2. The minimum Gasteiger partial charge on any atom is -0.496 e. The van der Waals surface area contributed by atoms with E-state index in [0.717, 1.165) is 5.56 Å². The van der Waals surface area contributed by atoms with Crippen LogP contribution in [0.3, 0.4) is 0 Å². The van der Waals surface area contributed by atoms with Gasteiger partial charge in [0.15, 0.2) is 0 Å². The molecule has 1 aromatic heterocycles. The second-order valence-electron chi connectivity index (χ2n) is 3.56. The third-order valence-electron chi connectivity index (χ3n) is 2.62. The van der Waals surface area contributed by atoms with Crippen molar-refractivity contribution in [2.75, 3.05) is 14.2 Å². The van der Waals surface area contributed by atoms with Gasteiger partial charge in [-0.25, -0.2) is 4.79 Å². The van der Waals surface area contributed by atoms with Gasteiger partial charge in [0, 0.05) is 17.7 Å². The van der Waals surface area contributed by atoms with Crippen LogP contribution in [0.25, 0.3) is 11.0 Å². The number of furan rings is 1. The molecule has 0 spiro atoms. The molecule has 0 radical (unpaired) electrons. The third-order valence-corrected chi connectivity index (χ3v) is 2.62. The standard InChI is InChI=1S/C12H12O5/c1-6-8(15-2)5-9(16-3)7-4-10(12(13)14)17-11(6)7/h4-5H,1-3H3,(H,13,14). The normalized spacial score (nSPS) is 10.5. The maximum Gasteiger partial charge on any atom is 0.371 e. The van der Waals surface area contributed by atoms with E-state index in [9.17, 15) is 4.79 Å². The zero-order valence-corrected chi connectivity index (χ0v) is 9.73. The fourth-order valence-electron chi connectivity index (χ4n) is 1.76. The quantitative estimate of drug-likeness (QED) is 0.886. The van der Waals surface area contributed by atoms with Crippen LogP contribution >= 0.6 is 0 Å². The van der Waals surface area contributed by atoms with Crippen molar-refractivity contribution in [3.63, 3.8) is 0 Å². The summed E-state index contributed by atoms with van der Waals surface area (Å²) in [6, 6.07) is 3.15. The molecule has 2 rings (SSSR count). The Labute approximate surface area is 97.6 Å². The molecule has 1 N–H and O–H groups in total. The Kier molecular flexibility index (Phi) is 2.67. The summed E-state index contributed by atoms with van der Waals surface area (Å²) in [4.78, 5) is 10.9. The maximum absolute atomic E-state index is 10.9. The van der Waals surface area contributed by atoms with Gasteiger partial charge in [-0.2, -0.15) is 0 Å². The van der Waals surface area contributed by atoms with Crippen molar-refractivity contribution in [3.8, 4) is 11.5 Å². The van der Waals surface area contributed by atoms with E-state index in [0.29, 0.717) is 22.5 Å². The first-order valence-corrected chi connectivity index (χ1v) is 4.97. The molecular formula is C12H12O5. The molecule has 17 heavy (non-hydrogen) atoms. The molecule has 0 unspecified atom stereocenters. The number of carboxylic acid groups (broad SMARTS) is 1. The summed E-state index contributed by atoms with van der Waals surface area (Å²) in [6.45, 7) is 1.80. The monoisotopic (exact) mass is 236 g/mol. The lowest BCUT2D eigenvalue weighted by molar-refractivity contribution is 0.0665. The average molecular weight is 236 g/mol. The predicted octanol–water partition coefficient (Wildman–Crippen LogP) is 2.46. The van der Waals surface area contributed by atoms with Crippen molar-refractivity contribution in [3.05, 3.63) is 23.5 Å². The highest BCUT2D eigenvalue weighted by atomic mass is 16.5. The van der Waals surface area contributed by atoms with Gasteiger partial charge >= 0.3 is 5.97 Å². The smallest absolute Gasteiger partial charge is 0.371 e. The van der Waals surface area contributed by atoms with Crippen LogP contribution in [0.2, 0.25) is 0 Å². The van der Waals surface area contributed by atoms with Gasteiger partial charge in [0.2, 0.25) is 5.76 Å². The van der Waals surface area contributed by atoms with E-state index in [1.54, 1.807) is 13.0 Å². The Balaban J connectivity index is 2.80. The minimum atomic E-state index is -1.11. The van der Waals surface area contributed by atoms with E-state index in [4.69, 9.17) is 19.0 Å². The zero-order valence-electron chi connectivity index (χ0n) is 9.73. The minimum absolute atomic E-state index is 0.116. The largest absolute Gasteiger partial charge is 0.496 e. The van der Waals surface area contributed by atoms with Gasteiger partial charge in [0.1, 0.15) is 17.1 Å². The van der Waals surface area contributed by atoms with Gasteiger partial charge in [-0.15, -0.1) is 0 Å². The van der Waals surface area contributed by atoms with Crippen LogP contribution < -0.4 is 9.47 Å². The highest BCUT2D eigenvalue weighted by Crippen LogP contribution is 2.37. The van der Waals surface area contributed by atoms with Crippen LogP contribution in [0.1, 0.15) is 16.1 Å². The Hall–Kier alpha value is -2.17. The molecule has 5 heteroatoms. The van der Waals surface area contributed by atoms with Crippen LogP contribution in [0.5, 0.6) is 11.5 Å². The summed E-state index contributed by atoms with van der Waals surface area (Å²) >= 11 is 0. The average Bonchev–Trinajstić information content (AvgIpc) is 2.75. The first-order chi connectivity index (χ1) is 8.08. The summed E-state index contributed by atoms with van der Waals surface area (Å²) < 4.78 is 15.6. The number of aryl methyl sites for hydroxylation is 1. The molecule has 0 fully saturated rings. The number of hydrogen-bond donors (Lipinski definition) is 1. The fourth-order valence-corrected chi connectivity index (χ4v) is 1.76. The van der Waals surface area contributed by atoms with E-state index >= 15 is 0 Å². The number of fused-ring (bicyclic) bond motifs is 1. The highest BCUT2D eigenvalue weighted by molar-refractivity contribution is 5.96. The molecule has 90 valence electrons. The van der Waals surface area contributed by atoms with Crippen molar-refractivity contribution >= 4 is 16.9 Å². The number of carbonyl (C=O) groups is 1. The molecule has 0 amide bonds. The Morgan fingerprint density at radius 3 is 2.41 bits per heavy atom. The third kappa shape index (κ3) is 1.69. The lowest BCUT2D eigenvalue weighted by Crippen LogP contribution is -1.91. The molecule has 1 heterocycles. The van der Waals surface area contributed by atoms with Crippen LogP contribution in [-0.4, -0.2) is 25.3 Å². The highest BCUT2D eigenvalue weighted by Gasteiger charge is 2.18. The molecule has 2 aromatic rings. The van der Waals surface area contributed by atoms with Crippen LogP contribution in [0.4, 0.5) is 0 Å². The summed E-state index contributed by atoms with van der Waals surface area (Å²) in [7, 11) is 3.05. The molecule has 0 aliphatic carbocycles. The summed E-state index contributed by atoms with van der Waals surface area (Å²) in [6.07, 6.45) is 0. The summed E-state index contributed by atoms with van der Waals surface area (Å²) in [5.74, 6) is -0.101. The lowest BCUT2D eigenvalue weighted by atomic mass is 10.1. The topological polar surface area (TPSA) is 68.9 Å². The van der Waals surface area contributed by atoms with Gasteiger partial charge in [-0.3, -0.25) is 0 Å². The van der Waals surface area contributed by atoms with E-state index in [1.807, 2.05) is 0 Å². The van der Waals surface area contributed by atoms with E-state index in [1.165, 1.54) is 20.3 Å². The van der Waals surface area contributed by atoms with E-state index in [-0.39, 0.29) is 5.76 Å². The van der Waals surface area contributed by atoms with Crippen molar-refractivity contribution < 1.29 is 23.8 Å². The Morgan fingerprint density at radius 1 is 1.24 bits per heavy atom. The van der Waals surface area contributed by atoms with E-state index in [2.05, 4.69) is 0 Å². The van der Waals surface area contributed by atoms with Crippen molar-refractivity contribution in [1.29, 1.82) is 0 Å². The number of aromatic carboxylic acids is 1. The zero-order chi connectivity index (χ0) is 12.6. The van der Waals surface area contributed by atoms with Crippen LogP contribution in [-0.2, 0) is 0 Å². The molecule has 5 nitrogen and oxygen atoms in total. The van der Waals surface area contributed by atoms with Crippen molar-refractivity contribution in [2.24, 2.45) is 0 Å². The van der Waals surface area contributed by atoms with Crippen molar-refractivity contribution in [1.82, 2.24) is 0 Å². The predicted molar refractivity (Wildman–Crippen MR) is 61.0 cm³/mol. The van der Waals surface area contributed by atoms with E-state index < -0.39 is 5.97 Å². The number of hydrogen-bond acceptors (Lipinski definition) is 4. The van der Waals surface area contributed by atoms with Gasteiger partial charge in [-0.05, 0) is 6.92 Å². The molecule has 0 aliphatic rings. The molecule has 0 bridgehead atoms. The van der Waals surface area contributed by atoms with Gasteiger partial charge in [0.05, 0.1) is 19.6 Å². The maximum atomic E-state index is 10.9. The van der Waals surface area contributed by atoms with Crippen molar-refractivity contribution in [2.45, 2.75) is 6.92 Å². The molecule has 0 aliphatic heterocycles. The summed E-state index contributed by atoms with van der Waals surface area (Å²) in [5, 5.41) is 9.53. The van der Waals surface area contributed by atoms with Crippen LogP contribution in [0, 0.1) is 6.92 Å².